The summed E-state index contributed by atoms with van der Waals surface area (Å²) in [6.07, 6.45) is 11.3. The fourth-order valence-electron chi connectivity index (χ4n) is 4.28. The molecule has 0 amide bonds. The molecule has 1 aromatic heterocycles. The fraction of sp³-hybridized carbons (Fsp3) is 0.462. The number of piperazine rings is 1. The summed E-state index contributed by atoms with van der Waals surface area (Å²) in [5.74, 6) is 0.923. The smallest absolute Gasteiger partial charge is 0.144 e. The number of nitrogens with one attached hydrogen (secondary N) is 2. The van der Waals surface area contributed by atoms with Gasteiger partial charge < -0.3 is 20.3 Å². The Kier molecular flexibility index (Phi) is 6.80. The predicted molar refractivity (Wildman–Crippen MR) is 130 cm³/mol. The predicted octanol–water partition coefficient (Wildman–Crippen LogP) is 4.28. The normalized spacial score (nSPS) is 19.2. The largest absolute Gasteiger partial charge is 0.495 e. The van der Waals surface area contributed by atoms with E-state index in [0.29, 0.717) is 6.54 Å². The van der Waals surface area contributed by atoms with Gasteiger partial charge in [0.15, 0.2) is 0 Å². The van der Waals surface area contributed by atoms with Gasteiger partial charge in [-0.1, -0.05) is 24.6 Å². The summed E-state index contributed by atoms with van der Waals surface area (Å²) in [6, 6.07) is 6.25. The summed E-state index contributed by atoms with van der Waals surface area (Å²) in [7, 11) is 1.78. The van der Waals surface area contributed by atoms with E-state index >= 15 is 0 Å². The molecular weight excluding hydrogens is 398 g/mol. The molecule has 1 spiro atoms. The second-order valence-corrected chi connectivity index (χ2v) is 8.83. The van der Waals surface area contributed by atoms with Crippen molar-refractivity contribution in [2.75, 3.05) is 26.7 Å². The number of methoxy groups -OCH3 is 1. The van der Waals surface area contributed by atoms with E-state index in [0.717, 1.165) is 54.2 Å². The summed E-state index contributed by atoms with van der Waals surface area (Å²) < 4.78 is 5.96. The van der Waals surface area contributed by atoms with Crippen LogP contribution < -0.4 is 10.6 Å². The second kappa shape index (κ2) is 9.74. The Morgan fingerprint density at radius 1 is 1.25 bits per heavy atom. The number of rotatable bonds is 8. The fourth-order valence-corrected chi connectivity index (χ4v) is 4.28. The minimum atomic E-state index is 0.279. The summed E-state index contributed by atoms with van der Waals surface area (Å²) >= 11 is 0. The Labute approximate surface area is 191 Å². The van der Waals surface area contributed by atoms with Gasteiger partial charge in [-0.05, 0) is 56.9 Å². The molecule has 32 heavy (non-hydrogen) atoms. The zero-order valence-corrected chi connectivity index (χ0v) is 19.7. The van der Waals surface area contributed by atoms with Crippen molar-refractivity contribution in [3.05, 3.63) is 71.0 Å². The Morgan fingerprint density at radius 2 is 2.03 bits per heavy atom. The Bertz CT molecular complexity index is 1050. The first-order valence-electron chi connectivity index (χ1n) is 11.6. The number of hydrogen-bond acceptors (Lipinski definition) is 6. The standard InChI is InChI=1S/C26H35N5O/c1-5-19(3)15-24(32-4)25(31-14-13-30-26(18-31)9-10-26)21(6-2)29-17-20-7-8-22-23(16-20)28-12-11-27-22/h6-8,11-12,15-16,29-30H,5,9-10,13-14,17-18H2,1-4H3/b19-15+,21-6+,25-24-. The Balaban J connectivity index is 1.63. The first-order chi connectivity index (χ1) is 15.6. The highest BCUT2D eigenvalue weighted by molar-refractivity contribution is 5.74. The molecular formula is C26H35N5O. The third kappa shape index (κ3) is 4.96. The number of fused-ring (bicyclic) bond motifs is 1. The average Bonchev–Trinajstić information content (AvgIpc) is 3.58. The van der Waals surface area contributed by atoms with Gasteiger partial charge in [0.1, 0.15) is 11.5 Å². The monoisotopic (exact) mass is 433 g/mol. The molecule has 2 N–H and O–H groups in total. The average molecular weight is 434 g/mol. The van der Waals surface area contributed by atoms with Gasteiger partial charge in [-0.2, -0.15) is 0 Å². The van der Waals surface area contributed by atoms with Crippen LogP contribution in [-0.4, -0.2) is 47.2 Å². The molecule has 2 aliphatic rings. The number of aromatic nitrogens is 2. The van der Waals surface area contributed by atoms with Crippen LogP contribution in [0.4, 0.5) is 0 Å². The highest BCUT2D eigenvalue weighted by Crippen LogP contribution is 2.39. The molecule has 2 fully saturated rings. The lowest BCUT2D eigenvalue weighted by Crippen LogP contribution is -2.52. The molecule has 0 bridgehead atoms. The number of hydrogen-bond donors (Lipinski definition) is 2. The molecule has 2 aromatic rings. The summed E-state index contributed by atoms with van der Waals surface area (Å²) in [5, 5.41) is 7.41. The molecule has 6 heteroatoms. The van der Waals surface area contributed by atoms with Gasteiger partial charge in [0, 0.05) is 44.1 Å². The lowest BCUT2D eigenvalue weighted by Gasteiger charge is -2.38. The zero-order chi connectivity index (χ0) is 22.6. The highest BCUT2D eigenvalue weighted by atomic mass is 16.5. The van der Waals surface area contributed by atoms with E-state index in [2.05, 4.69) is 70.6 Å². The van der Waals surface area contributed by atoms with Crippen LogP contribution in [0.25, 0.3) is 11.0 Å². The molecule has 6 nitrogen and oxygen atoms in total. The van der Waals surface area contributed by atoms with Crippen molar-refractivity contribution < 1.29 is 4.74 Å². The van der Waals surface area contributed by atoms with Crippen LogP contribution in [0.5, 0.6) is 0 Å². The van der Waals surface area contributed by atoms with E-state index in [1.807, 2.05) is 6.07 Å². The molecule has 2 heterocycles. The molecule has 170 valence electrons. The topological polar surface area (TPSA) is 62.3 Å². The maximum Gasteiger partial charge on any atom is 0.144 e. The number of benzene rings is 1. The maximum absolute atomic E-state index is 5.96. The van der Waals surface area contributed by atoms with Crippen molar-refractivity contribution in [2.24, 2.45) is 0 Å². The van der Waals surface area contributed by atoms with Crippen LogP contribution >= 0.6 is 0 Å². The third-order valence-corrected chi connectivity index (χ3v) is 6.49. The molecule has 0 unspecified atom stereocenters. The van der Waals surface area contributed by atoms with Crippen LogP contribution in [0.2, 0.25) is 0 Å². The minimum Gasteiger partial charge on any atom is -0.495 e. The van der Waals surface area contributed by atoms with Gasteiger partial charge in [-0.15, -0.1) is 0 Å². The van der Waals surface area contributed by atoms with Gasteiger partial charge in [0.25, 0.3) is 0 Å². The number of nitrogens with zero attached hydrogens (tertiary/aromatic N) is 3. The minimum absolute atomic E-state index is 0.279. The van der Waals surface area contributed by atoms with E-state index < -0.39 is 0 Å². The lowest BCUT2D eigenvalue weighted by atomic mass is 10.1. The van der Waals surface area contributed by atoms with Gasteiger partial charge >= 0.3 is 0 Å². The molecule has 0 radical (unpaired) electrons. The van der Waals surface area contributed by atoms with E-state index in [4.69, 9.17) is 4.74 Å². The number of allylic oxidation sites excluding steroid dienone is 3. The quantitative estimate of drug-likeness (QED) is 0.479. The van der Waals surface area contributed by atoms with Gasteiger partial charge in [-0.3, -0.25) is 9.97 Å². The van der Waals surface area contributed by atoms with Crippen LogP contribution in [-0.2, 0) is 11.3 Å². The zero-order valence-electron chi connectivity index (χ0n) is 19.7. The summed E-state index contributed by atoms with van der Waals surface area (Å²) in [5.41, 5.74) is 6.84. The molecule has 1 aliphatic carbocycles. The highest BCUT2D eigenvalue weighted by Gasteiger charge is 2.46. The van der Waals surface area contributed by atoms with E-state index in [1.54, 1.807) is 19.5 Å². The van der Waals surface area contributed by atoms with Crippen molar-refractivity contribution in [2.45, 2.75) is 52.1 Å². The molecule has 0 atom stereocenters. The van der Waals surface area contributed by atoms with Crippen molar-refractivity contribution in [3.8, 4) is 0 Å². The molecule has 1 saturated carbocycles. The Hall–Kier alpha value is -2.86. The molecule has 4 rings (SSSR count). The van der Waals surface area contributed by atoms with E-state index in [-0.39, 0.29) is 5.54 Å². The lowest BCUT2D eigenvalue weighted by molar-refractivity contribution is 0.214. The second-order valence-electron chi connectivity index (χ2n) is 8.83. The van der Waals surface area contributed by atoms with E-state index in [1.165, 1.54) is 24.0 Å². The molecule has 1 saturated heterocycles. The van der Waals surface area contributed by atoms with Crippen LogP contribution in [0, 0.1) is 0 Å². The van der Waals surface area contributed by atoms with Gasteiger partial charge in [0.2, 0.25) is 0 Å². The molecule has 1 aromatic carbocycles. The van der Waals surface area contributed by atoms with Crippen LogP contribution in [0.3, 0.4) is 0 Å². The van der Waals surface area contributed by atoms with Crippen LogP contribution in [0.1, 0.15) is 45.6 Å². The summed E-state index contributed by atoms with van der Waals surface area (Å²) in [6.45, 7) is 10.1. The summed E-state index contributed by atoms with van der Waals surface area (Å²) in [4.78, 5) is 11.3. The van der Waals surface area contributed by atoms with Crippen molar-refractivity contribution in [1.29, 1.82) is 0 Å². The first-order valence-corrected chi connectivity index (χ1v) is 11.6. The number of ether oxygens (including phenoxy) is 1. The van der Waals surface area contributed by atoms with Gasteiger partial charge in [0.05, 0.1) is 23.8 Å². The van der Waals surface area contributed by atoms with E-state index in [9.17, 15) is 0 Å². The SMILES string of the molecule is C\C=C(NCc1ccc2nccnc2c1)/C(=C(\C=C(/C)CC)OC)N1CCNC2(CC2)C1. The van der Waals surface area contributed by atoms with Crippen LogP contribution in [0.15, 0.2) is 65.5 Å². The van der Waals surface area contributed by atoms with Gasteiger partial charge in [-0.25, -0.2) is 0 Å². The first kappa shape index (κ1) is 22.3. The Morgan fingerprint density at radius 3 is 2.72 bits per heavy atom. The third-order valence-electron chi connectivity index (χ3n) is 6.49. The van der Waals surface area contributed by atoms with Crippen molar-refractivity contribution >= 4 is 11.0 Å². The van der Waals surface area contributed by atoms with Crippen molar-refractivity contribution in [3.63, 3.8) is 0 Å². The maximum atomic E-state index is 5.96. The van der Waals surface area contributed by atoms with Crippen molar-refractivity contribution in [1.82, 2.24) is 25.5 Å². The molecule has 1 aliphatic heterocycles.